The Morgan fingerprint density at radius 3 is 2.56 bits per heavy atom. The highest BCUT2D eigenvalue weighted by Gasteiger charge is 2.27. The average Bonchev–Trinajstić information content (AvgIpc) is 3.18. The highest BCUT2D eigenvalue weighted by molar-refractivity contribution is 7.99. The first kappa shape index (κ1) is 19.4. The van der Waals surface area contributed by atoms with Crippen molar-refractivity contribution in [1.82, 2.24) is 10.2 Å². The Labute approximate surface area is 164 Å². The van der Waals surface area contributed by atoms with Crippen molar-refractivity contribution in [1.29, 1.82) is 5.26 Å². The largest absolute Gasteiger partial charge is 0.392 e. The van der Waals surface area contributed by atoms with Gasteiger partial charge >= 0.3 is 0 Å². The van der Waals surface area contributed by atoms with E-state index in [4.69, 9.17) is 5.26 Å². The molecule has 0 spiro atoms. The SMILES string of the molecule is N#C[C@@H]1CCCN1C(=O)CNCc1ccccc1Sc1ccccc1CO. The highest BCUT2D eigenvalue weighted by atomic mass is 32.2. The van der Waals surface area contributed by atoms with Crippen LogP contribution >= 0.6 is 11.8 Å². The highest BCUT2D eigenvalue weighted by Crippen LogP contribution is 2.32. The maximum atomic E-state index is 12.3. The average molecular weight is 382 g/mol. The standard InChI is InChI=1S/C21H23N3O2S/c22-12-18-8-5-11-24(18)21(26)14-23-13-16-6-1-3-9-19(16)27-20-10-4-2-7-17(20)15-25/h1-4,6-7,9-10,18,23,25H,5,8,11,13-15H2/t18-/m0/s1. The lowest BCUT2D eigenvalue weighted by Crippen LogP contribution is -2.40. The maximum absolute atomic E-state index is 12.3. The molecule has 0 radical (unpaired) electrons. The summed E-state index contributed by atoms with van der Waals surface area (Å²) in [6.45, 7) is 1.47. The summed E-state index contributed by atoms with van der Waals surface area (Å²) >= 11 is 1.62. The van der Waals surface area contributed by atoms with E-state index in [0.29, 0.717) is 13.1 Å². The van der Waals surface area contributed by atoms with E-state index in [1.54, 1.807) is 16.7 Å². The summed E-state index contributed by atoms with van der Waals surface area (Å²) in [5.74, 6) is -0.0187. The van der Waals surface area contributed by atoms with Gasteiger partial charge in [-0.15, -0.1) is 0 Å². The molecule has 27 heavy (non-hydrogen) atoms. The molecule has 5 nitrogen and oxygen atoms in total. The number of nitriles is 1. The van der Waals surface area contributed by atoms with Gasteiger partial charge in [-0.05, 0) is 36.1 Å². The van der Waals surface area contributed by atoms with Gasteiger partial charge in [0.15, 0.2) is 0 Å². The second-order valence-corrected chi connectivity index (χ2v) is 7.54. The lowest BCUT2D eigenvalue weighted by Gasteiger charge is -2.20. The van der Waals surface area contributed by atoms with E-state index in [1.165, 1.54) is 0 Å². The molecule has 1 saturated heterocycles. The lowest BCUT2D eigenvalue weighted by molar-refractivity contribution is -0.130. The summed E-state index contributed by atoms with van der Waals surface area (Å²) in [5, 5.41) is 21.9. The van der Waals surface area contributed by atoms with E-state index in [1.807, 2.05) is 48.5 Å². The number of hydrogen-bond acceptors (Lipinski definition) is 5. The molecule has 1 fully saturated rings. The van der Waals surface area contributed by atoms with Crippen LogP contribution in [0, 0.1) is 11.3 Å². The summed E-state index contributed by atoms with van der Waals surface area (Å²) in [7, 11) is 0. The Kier molecular flexibility index (Phi) is 6.88. The van der Waals surface area contributed by atoms with Crippen molar-refractivity contribution in [2.45, 2.75) is 41.8 Å². The second kappa shape index (κ2) is 9.56. The minimum absolute atomic E-state index is 0.00792. The molecule has 6 heteroatoms. The Morgan fingerprint density at radius 1 is 1.19 bits per heavy atom. The minimum atomic E-state index is -0.280. The zero-order valence-corrected chi connectivity index (χ0v) is 15.9. The van der Waals surface area contributed by atoms with Crippen molar-refractivity contribution in [3.05, 3.63) is 59.7 Å². The Balaban J connectivity index is 1.61. The van der Waals surface area contributed by atoms with Gasteiger partial charge in [-0.25, -0.2) is 0 Å². The number of carbonyl (C=O) groups excluding carboxylic acids is 1. The molecule has 1 aliphatic heterocycles. The molecule has 1 heterocycles. The van der Waals surface area contributed by atoms with Gasteiger partial charge in [-0.2, -0.15) is 5.26 Å². The molecular weight excluding hydrogens is 358 g/mol. The molecule has 1 amide bonds. The molecule has 2 aromatic rings. The number of aliphatic hydroxyl groups excluding tert-OH is 1. The van der Waals surface area contributed by atoms with Gasteiger partial charge < -0.3 is 15.3 Å². The molecule has 0 unspecified atom stereocenters. The predicted octanol–water partition coefficient (Wildman–Crippen LogP) is 2.93. The molecule has 2 aromatic carbocycles. The van der Waals surface area contributed by atoms with E-state index in [9.17, 15) is 9.90 Å². The first-order valence-corrected chi connectivity index (χ1v) is 9.89. The van der Waals surface area contributed by atoms with Crippen molar-refractivity contribution in [2.24, 2.45) is 0 Å². The first-order chi connectivity index (χ1) is 13.2. The number of carbonyl (C=O) groups is 1. The third kappa shape index (κ3) is 4.89. The monoisotopic (exact) mass is 381 g/mol. The van der Waals surface area contributed by atoms with Gasteiger partial charge in [0.1, 0.15) is 6.04 Å². The van der Waals surface area contributed by atoms with Crippen LogP contribution < -0.4 is 5.32 Å². The van der Waals surface area contributed by atoms with Crippen LogP contribution in [0.2, 0.25) is 0 Å². The van der Waals surface area contributed by atoms with Crippen molar-refractivity contribution < 1.29 is 9.90 Å². The van der Waals surface area contributed by atoms with E-state index < -0.39 is 0 Å². The molecule has 1 atom stereocenters. The van der Waals surface area contributed by atoms with Crippen molar-refractivity contribution >= 4 is 17.7 Å². The van der Waals surface area contributed by atoms with Crippen LogP contribution in [0.25, 0.3) is 0 Å². The third-order valence-corrected chi connectivity index (χ3v) is 5.89. The van der Waals surface area contributed by atoms with Crippen LogP contribution in [-0.2, 0) is 17.9 Å². The number of aliphatic hydroxyl groups is 1. The fourth-order valence-electron chi connectivity index (χ4n) is 3.21. The van der Waals surface area contributed by atoms with Crippen LogP contribution in [0.4, 0.5) is 0 Å². The van der Waals surface area contributed by atoms with Crippen LogP contribution in [0.1, 0.15) is 24.0 Å². The summed E-state index contributed by atoms with van der Waals surface area (Å²) < 4.78 is 0. The van der Waals surface area contributed by atoms with Crippen molar-refractivity contribution in [2.75, 3.05) is 13.1 Å². The van der Waals surface area contributed by atoms with Gasteiger partial charge in [0, 0.05) is 22.9 Å². The zero-order chi connectivity index (χ0) is 19.1. The van der Waals surface area contributed by atoms with E-state index >= 15 is 0 Å². The molecule has 2 N–H and O–H groups in total. The molecule has 3 rings (SSSR count). The van der Waals surface area contributed by atoms with E-state index in [-0.39, 0.29) is 25.1 Å². The topological polar surface area (TPSA) is 76.4 Å². The summed E-state index contributed by atoms with van der Waals surface area (Å²) in [4.78, 5) is 16.1. The molecule has 0 aliphatic carbocycles. The number of likely N-dealkylation sites (tertiary alicyclic amines) is 1. The van der Waals surface area contributed by atoms with Gasteiger partial charge in [0.2, 0.25) is 5.91 Å². The fraction of sp³-hybridized carbons (Fsp3) is 0.333. The number of nitrogens with zero attached hydrogens (tertiary/aromatic N) is 2. The fourth-order valence-corrected chi connectivity index (χ4v) is 4.27. The van der Waals surface area contributed by atoms with Gasteiger partial charge in [-0.1, -0.05) is 48.2 Å². The molecule has 140 valence electrons. The maximum Gasteiger partial charge on any atom is 0.237 e. The van der Waals surface area contributed by atoms with Crippen molar-refractivity contribution in [3.63, 3.8) is 0 Å². The van der Waals surface area contributed by atoms with Gasteiger partial charge in [0.25, 0.3) is 0 Å². The number of benzene rings is 2. The number of hydrogen-bond donors (Lipinski definition) is 2. The van der Waals surface area contributed by atoms with Crippen LogP contribution in [-0.4, -0.2) is 35.0 Å². The van der Waals surface area contributed by atoms with Crippen molar-refractivity contribution in [3.8, 4) is 6.07 Å². The van der Waals surface area contributed by atoms with Crippen LogP contribution in [0.3, 0.4) is 0 Å². The molecular formula is C21H23N3O2S. The number of rotatable bonds is 7. The number of nitrogens with one attached hydrogen (secondary N) is 1. The van der Waals surface area contributed by atoms with Crippen LogP contribution in [0.15, 0.2) is 58.3 Å². The molecule has 0 bridgehead atoms. The third-order valence-electron chi connectivity index (χ3n) is 4.65. The molecule has 0 saturated carbocycles. The lowest BCUT2D eigenvalue weighted by atomic mass is 10.2. The predicted molar refractivity (Wildman–Crippen MR) is 105 cm³/mol. The normalized spacial score (nSPS) is 16.3. The smallest absolute Gasteiger partial charge is 0.237 e. The van der Waals surface area contributed by atoms with Crippen LogP contribution in [0.5, 0.6) is 0 Å². The number of amides is 1. The molecule has 0 aromatic heterocycles. The van der Waals surface area contributed by atoms with E-state index in [2.05, 4.69) is 11.4 Å². The Hall–Kier alpha value is -2.33. The summed E-state index contributed by atoms with van der Waals surface area (Å²) in [6.07, 6.45) is 1.67. The summed E-state index contributed by atoms with van der Waals surface area (Å²) in [6, 6.07) is 17.8. The molecule has 1 aliphatic rings. The summed E-state index contributed by atoms with van der Waals surface area (Å²) in [5.41, 5.74) is 2.00. The zero-order valence-electron chi connectivity index (χ0n) is 15.1. The second-order valence-electron chi connectivity index (χ2n) is 6.45. The van der Waals surface area contributed by atoms with Gasteiger partial charge in [0.05, 0.1) is 19.2 Å². The quantitative estimate of drug-likeness (QED) is 0.771. The Bertz CT molecular complexity index is 834. The first-order valence-electron chi connectivity index (χ1n) is 9.07. The Morgan fingerprint density at radius 2 is 1.85 bits per heavy atom. The van der Waals surface area contributed by atoms with Gasteiger partial charge in [-0.3, -0.25) is 4.79 Å². The minimum Gasteiger partial charge on any atom is -0.392 e. The van der Waals surface area contributed by atoms with E-state index in [0.717, 1.165) is 33.8 Å².